The molecule has 0 bridgehead atoms. The Hall–Kier alpha value is -1.63. The van der Waals surface area contributed by atoms with Gasteiger partial charge < -0.3 is 15.1 Å². The van der Waals surface area contributed by atoms with Gasteiger partial charge in [-0.05, 0) is 44.9 Å². The summed E-state index contributed by atoms with van der Waals surface area (Å²) in [6.07, 6.45) is 13.4. The molecule has 1 aromatic heterocycles. The van der Waals surface area contributed by atoms with Crippen molar-refractivity contribution in [2.45, 2.75) is 83.1 Å². The second kappa shape index (κ2) is 9.47. The van der Waals surface area contributed by atoms with Crippen molar-refractivity contribution in [3.05, 3.63) is 10.6 Å². The summed E-state index contributed by atoms with van der Waals surface area (Å²) in [6, 6.07) is 0.382. The monoisotopic (exact) mass is 444 g/mol. The Morgan fingerprint density at radius 2 is 1.61 bits per heavy atom. The van der Waals surface area contributed by atoms with E-state index in [1.165, 1.54) is 42.7 Å². The van der Waals surface area contributed by atoms with Gasteiger partial charge in [-0.1, -0.05) is 32.1 Å². The minimum Gasteiger partial charge on any atom is -0.353 e. The summed E-state index contributed by atoms with van der Waals surface area (Å²) in [6.45, 7) is 3.37. The fourth-order valence-corrected chi connectivity index (χ4v) is 6.73. The van der Waals surface area contributed by atoms with Crippen molar-refractivity contribution >= 4 is 28.3 Å². The third-order valence-electron chi connectivity index (χ3n) is 7.82. The summed E-state index contributed by atoms with van der Waals surface area (Å²) < 4.78 is 0. The van der Waals surface area contributed by atoms with Gasteiger partial charge in [-0.2, -0.15) is 0 Å². The number of nitrogens with one attached hydrogen (secondary N) is 1. The minimum absolute atomic E-state index is 0.0981. The van der Waals surface area contributed by atoms with Crippen LogP contribution >= 0.6 is 11.3 Å². The van der Waals surface area contributed by atoms with Crippen molar-refractivity contribution in [2.24, 2.45) is 11.8 Å². The van der Waals surface area contributed by atoms with Crippen molar-refractivity contribution in [3.8, 4) is 0 Å². The van der Waals surface area contributed by atoms with Gasteiger partial charge in [0.15, 0.2) is 5.13 Å². The van der Waals surface area contributed by atoms with Crippen LogP contribution in [0.5, 0.6) is 0 Å². The van der Waals surface area contributed by atoms with Crippen LogP contribution in [0.2, 0.25) is 0 Å². The molecule has 1 saturated heterocycles. The lowest BCUT2D eigenvalue weighted by atomic mass is 9.84. The molecule has 1 atom stereocenters. The average molecular weight is 445 g/mol. The first-order valence-corrected chi connectivity index (χ1v) is 13.3. The molecule has 1 N–H and O–H groups in total. The van der Waals surface area contributed by atoms with Crippen LogP contribution in [0.15, 0.2) is 0 Å². The topological polar surface area (TPSA) is 65.5 Å². The highest BCUT2D eigenvalue weighted by atomic mass is 32.1. The van der Waals surface area contributed by atoms with E-state index in [4.69, 9.17) is 4.98 Å². The van der Waals surface area contributed by atoms with E-state index in [-0.39, 0.29) is 11.8 Å². The predicted octanol–water partition coefficient (Wildman–Crippen LogP) is 3.54. The summed E-state index contributed by atoms with van der Waals surface area (Å²) in [7, 11) is 0. The fraction of sp³-hybridized carbons (Fsp3) is 0.792. The van der Waals surface area contributed by atoms with E-state index in [1.807, 2.05) is 0 Å². The quantitative estimate of drug-likeness (QED) is 0.722. The molecule has 5 rings (SSSR count). The fourth-order valence-electron chi connectivity index (χ4n) is 5.49. The molecule has 0 aromatic carbocycles. The second-order valence-corrected chi connectivity index (χ2v) is 11.0. The third-order valence-corrected chi connectivity index (χ3v) is 9.00. The molecular formula is C24H36N4O2S. The number of aromatic nitrogens is 1. The van der Waals surface area contributed by atoms with Crippen LogP contribution in [0.25, 0.3) is 0 Å². The van der Waals surface area contributed by atoms with Gasteiger partial charge in [-0.25, -0.2) is 4.98 Å². The highest BCUT2D eigenvalue weighted by molar-refractivity contribution is 7.15. The molecule has 2 heterocycles. The van der Waals surface area contributed by atoms with Crippen LogP contribution in [-0.4, -0.2) is 53.9 Å². The Labute approximate surface area is 189 Å². The summed E-state index contributed by atoms with van der Waals surface area (Å²) in [4.78, 5) is 36.0. The smallest absolute Gasteiger partial charge is 0.225 e. The van der Waals surface area contributed by atoms with E-state index >= 15 is 0 Å². The van der Waals surface area contributed by atoms with Crippen LogP contribution in [0.4, 0.5) is 5.13 Å². The number of amides is 2. The van der Waals surface area contributed by atoms with Crippen LogP contribution in [0.3, 0.4) is 0 Å². The van der Waals surface area contributed by atoms with Crippen LogP contribution < -0.4 is 10.2 Å². The summed E-state index contributed by atoms with van der Waals surface area (Å²) >= 11 is 1.78. The molecule has 0 unspecified atom stereocenters. The first kappa shape index (κ1) is 21.2. The van der Waals surface area contributed by atoms with E-state index in [0.29, 0.717) is 17.9 Å². The van der Waals surface area contributed by atoms with Crippen LogP contribution in [-0.2, 0) is 22.4 Å². The zero-order valence-corrected chi connectivity index (χ0v) is 19.4. The average Bonchev–Trinajstić information content (AvgIpc) is 3.01. The zero-order valence-electron chi connectivity index (χ0n) is 18.6. The zero-order chi connectivity index (χ0) is 21.2. The van der Waals surface area contributed by atoms with Crippen molar-refractivity contribution < 1.29 is 9.59 Å². The van der Waals surface area contributed by atoms with Crippen molar-refractivity contribution in [1.82, 2.24) is 15.2 Å². The predicted molar refractivity (Wildman–Crippen MR) is 123 cm³/mol. The maximum Gasteiger partial charge on any atom is 0.225 e. The number of thiazole rings is 1. The van der Waals surface area contributed by atoms with Gasteiger partial charge in [-0.3, -0.25) is 9.59 Å². The molecule has 1 aromatic rings. The maximum atomic E-state index is 12.9. The van der Waals surface area contributed by atoms with Gasteiger partial charge in [0, 0.05) is 48.9 Å². The van der Waals surface area contributed by atoms with Crippen molar-refractivity contribution in [2.75, 3.05) is 31.1 Å². The number of fused-ring (bicyclic) bond motifs is 1. The van der Waals surface area contributed by atoms with Gasteiger partial charge in [0.25, 0.3) is 0 Å². The van der Waals surface area contributed by atoms with Gasteiger partial charge in [0.1, 0.15) is 0 Å². The third kappa shape index (κ3) is 4.76. The molecule has 4 aliphatic rings. The molecule has 0 spiro atoms. The minimum atomic E-state index is 0.0981. The van der Waals surface area contributed by atoms with Gasteiger partial charge >= 0.3 is 0 Å². The Bertz CT molecular complexity index is 789. The van der Waals surface area contributed by atoms with E-state index in [9.17, 15) is 9.59 Å². The highest BCUT2D eigenvalue weighted by Crippen LogP contribution is 2.35. The Balaban J connectivity index is 1.15. The second-order valence-electron chi connectivity index (χ2n) is 9.94. The first-order valence-electron chi connectivity index (χ1n) is 12.5. The number of hydrogen-bond donors (Lipinski definition) is 1. The first-order chi connectivity index (χ1) is 15.2. The number of nitrogens with zero attached hydrogens (tertiary/aromatic N) is 3. The maximum absolute atomic E-state index is 12.9. The molecule has 3 fully saturated rings. The largest absolute Gasteiger partial charge is 0.353 e. The van der Waals surface area contributed by atoms with E-state index in [2.05, 4.69) is 15.1 Å². The lowest BCUT2D eigenvalue weighted by Crippen LogP contribution is -2.51. The number of piperazine rings is 1. The number of rotatable bonds is 4. The molecular weight excluding hydrogens is 408 g/mol. The summed E-state index contributed by atoms with van der Waals surface area (Å²) in [5.41, 5.74) is 1.20. The van der Waals surface area contributed by atoms with Crippen LogP contribution in [0, 0.1) is 11.8 Å². The Morgan fingerprint density at radius 3 is 2.29 bits per heavy atom. The van der Waals surface area contributed by atoms with Gasteiger partial charge in [0.05, 0.1) is 5.69 Å². The Morgan fingerprint density at radius 1 is 0.871 bits per heavy atom. The molecule has 170 valence electrons. The van der Waals surface area contributed by atoms with Crippen molar-refractivity contribution in [3.63, 3.8) is 0 Å². The van der Waals surface area contributed by atoms with Gasteiger partial charge in [-0.15, -0.1) is 11.3 Å². The number of carbonyl (C=O) groups is 2. The molecule has 0 radical (unpaired) electrons. The number of carbonyl (C=O) groups excluding carboxylic acids is 2. The molecule has 3 aliphatic carbocycles. The van der Waals surface area contributed by atoms with E-state index in [1.54, 1.807) is 11.3 Å². The number of aryl methyl sites for hydroxylation is 1. The molecule has 7 heteroatoms. The normalized spacial score (nSPS) is 25.5. The van der Waals surface area contributed by atoms with E-state index < -0.39 is 0 Å². The lowest BCUT2D eigenvalue weighted by molar-refractivity contribution is -0.138. The number of anilines is 1. The van der Waals surface area contributed by atoms with Gasteiger partial charge in [0.2, 0.25) is 11.8 Å². The standard InChI is InChI=1S/C24H36N4O2S/c29-22(25-19-8-3-1-2-4-9-19)18-10-11-20-21(16-18)31-24(26-20)28-14-12-27(13-15-28)23(30)17-6-5-7-17/h17-19H,1-16H2,(H,25,29)/t18-/m0/s1. The lowest BCUT2D eigenvalue weighted by Gasteiger charge is -2.38. The molecule has 6 nitrogen and oxygen atoms in total. The molecule has 2 saturated carbocycles. The molecule has 1 aliphatic heterocycles. The number of hydrogen-bond acceptors (Lipinski definition) is 5. The molecule has 31 heavy (non-hydrogen) atoms. The summed E-state index contributed by atoms with van der Waals surface area (Å²) in [5.74, 6) is 1.02. The molecule has 2 amide bonds. The summed E-state index contributed by atoms with van der Waals surface area (Å²) in [5, 5.41) is 4.45. The highest BCUT2D eigenvalue weighted by Gasteiger charge is 2.33. The SMILES string of the molecule is O=C(NC1CCCCCC1)[C@H]1CCc2nc(N3CCN(C(=O)C4CCC4)CC3)sc2C1. The van der Waals surface area contributed by atoms with Crippen molar-refractivity contribution in [1.29, 1.82) is 0 Å². The van der Waals surface area contributed by atoms with Crippen LogP contribution in [0.1, 0.15) is 74.8 Å². The van der Waals surface area contributed by atoms with E-state index in [0.717, 1.165) is 76.3 Å². The Kier molecular flexibility index (Phi) is 6.49.